The summed E-state index contributed by atoms with van der Waals surface area (Å²) in [5, 5.41) is 26.1. The van der Waals surface area contributed by atoms with E-state index in [1.54, 1.807) is 0 Å². The molecule has 0 aliphatic heterocycles. The highest BCUT2D eigenvalue weighted by Gasteiger charge is 2.36. The molecule has 0 amide bonds. The molecule has 0 radical (unpaired) electrons. The third kappa shape index (κ3) is 7.30. The second-order valence-electron chi connectivity index (χ2n) is 9.70. The third-order valence-electron chi connectivity index (χ3n) is 6.70. The number of aryl methyl sites for hydroxylation is 2. The molecule has 4 N–H and O–H groups in total. The minimum atomic E-state index is -1.28. The van der Waals surface area contributed by atoms with Gasteiger partial charge in [-0.2, -0.15) is 0 Å². The minimum absolute atomic E-state index is 0.0512. The van der Waals surface area contributed by atoms with E-state index in [2.05, 4.69) is 33.7 Å². The maximum atomic E-state index is 13.9. The van der Waals surface area contributed by atoms with Crippen LogP contribution in [0.1, 0.15) is 35.2 Å². The van der Waals surface area contributed by atoms with Gasteiger partial charge in [0.2, 0.25) is 5.82 Å². The number of rotatable bonds is 12. The number of aromatic nitrogens is 4. The van der Waals surface area contributed by atoms with Crippen molar-refractivity contribution in [2.45, 2.75) is 45.3 Å². The molecule has 0 spiro atoms. The maximum Gasteiger partial charge on any atom is 0.330 e. The van der Waals surface area contributed by atoms with Crippen LogP contribution < -0.4 is 11.1 Å². The Labute approximate surface area is 225 Å². The number of nitrogens with one attached hydrogen (secondary N) is 1. The fourth-order valence-electron chi connectivity index (χ4n) is 4.61. The van der Waals surface area contributed by atoms with Crippen molar-refractivity contribution in [3.63, 3.8) is 0 Å². The predicted octanol–water partition coefficient (Wildman–Crippen LogP) is 4.09. The third-order valence-corrected chi connectivity index (χ3v) is 6.70. The average molecular weight is 535 g/mol. The van der Waals surface area contributed by atoms with Gasteiger partial charge in [0.05, 0.1) is 0 Å². The van der Waals surface area contributed by atoms with Crippen LogP contribution in [0.15, 0.2) is 66.7 Å². The van der Waals surface area contributed by atoms with Crippen molar-refractivity contribution in [1.82, 2.24) is 25.5 Å². The van der Waals surface area contributed by atoms with E-state index < -0.39 is 35.6 Å². The van der Waals surface area contributed by atoms with Gasteiger partial charge in [0.25, 0.3) is 0 Å². The molecule has 0 aliphatic carbocycles. The summed E-state index contributed by atoms with van der Waals surface area (Å²) in [7, 11) is 0. The lowest BCUT2D eigenvalue weighted by Gasteiger charge is -2.29. The van der Waals surface area contributed by atoms with Gasteiger partial charge in [0.15, 0.2) is 6.04 Å². The summed E-state index contributed by atoms with van der Waals surface area (Å²) < 4.78 is 27.7. The monoisotopic (exact) mass is 534 g/mol. The molecule has 39 heavy (non-hydrogen) atoms. The lowest BCUT2D eigenvalue weighted by Crippen LogP contribution is -2.46. The molecule has 0 bridgehead atoms. The molecule has 3 atom stereocenters. The normalized spacial score (nSPS) is 13.7. The van der Waals surface area contributed by atoms with E-state index in [-0.39, 0.29) is 18.8 Å². The zero-order chi connectivity index (χ0) is 27.9. The van der Waals surface area contributed by atoms with Crippen LogP contribution in [0.3, 0.4) is 0 Å². The Kier molecular flexibility index (Phi) is 9.11. The molecule has 1 aromatic heterocycles. The summed E-state index contributed by atoms with van der Waals surface area (Å²) in [6.07, 6.45) is 0.948. The first-order valence-electron chi connectivity index (χ1n) is 12.8. The van der Waals surface area contributed by atoms with E-state index in [1.807, 2.05) is 49.4 Å². The maximum absolute atomic E-state index is 13.9. The summed E-state index contributed by atoms with van der Waals surface area (Å²) in [4.78, 5) is 13.6. The molecule has 1 unspecified atom stereocenters. The van der Waals surface area contributed by atoms with Gasteiger partial charge >= 0.3 is 5.97 Å². The standard InChI is InChI=1S/C29H32F2N6O2/c1-3-19-5-4-6-20(11-19)16-33-17-25(26(32)14-21-12-23(30)15-24(31)13-21)27(29(38)39)37-35-28(34-36-37)22-9-7-18(2)8-10-22/h4-13,15,25-27,33H,3,14,16-17,32H2,1-2H3,(H,38,39)/t25-,26?,27+/m1/s1. The van der Waals surface area contributed by atoms with Gasteiger partial charge in [-0.3, -0.25) is 0 Å². The van der Waals surface area contributed by atoms with Gasteiger partial charge in [0.1, 0.15) is 11.6 Å². The van der Waals surface area contributed by atoms with Crippen molar-refractivity contribution in [3.05, 3.63) is 101 Å². The Morgan fingerprint density at radius 2 is 1.72 bits per heavy atom. The van der Waals surface area contributed by atoms with E-state index in [9.17, 15) is 18.7 Å². The van der Waals surface area contributed by atoms with Crippen molar-refractivity contribution in [2.75, 3.05) is 6.54 Å². The topological polar surface area (TPSA) is 119 Å². The van der Waals surface area contributed by atoms with Crippen LogP contribution >= 0.6 is 0 Å². The van der Waals surface area contributed by atoms with Crippen LogP contribution in [-0.2, 0) is 24.2 Å². The molecule has 4 aromatic rings. The number of carboxylic acid groups (broad SMARTS) is 1. The minimum Gasteiger partial charge on any atom is -0.480 e. The van der Waals surface area contributed by atoms with Crippen LogP contribution in [0.2, 0.25) is 0 Å². The highest BCUT2D eigenvalue weighted by atomic mass is 19.1. The highest BCUT2D eigenvalue weighted by molar-refractivity contribution is 5.72. The van der Waals surface area contributed by atoms with E-state index in [0.29, 0.717) is 17.7 Å². The number of nitrogens with zero attached hydrogens (tertiary/aromatic N) is 4. The fraction of sp³-hybridized carbons (Fsp3) is 0.310. The van der Waals surface area contributed by atoms with E-state index in [0.717, 1.165) is 28.4 Å². The Bertz CT molecular complexity index is 1390. The van der Waals surface area contributed by atoms with Crippen molar-refractivity contribution < 1.29 is 18.7 Å². The number of halogens is 2. The second-order valence-corrected chi connectivity index (χ2v) is 9.70. The van der Waals surface area contributed by atoms with Gasteiger partial charge in [-0.25, -0.2) is 13.6 Å². The quantitative estimate of drug-likeness (QED) is 0.250. The highest BCUT2D eigenvalue weighted by Crippen LogP contribution is 2.24. The lowest BCUT2D eigenvalue weighted by molar-refractivity contribution is -0.144. The molecule has 3 aromatic carbocycles. The molecule has 0 saturated carbocycles. The van der Waals surface area contributed by atoms with Crippen LogP contribution in [0, 0.1) is 24.5 Å². The summed E-state index contributed by atoms with van der Waals surface area (Å²) in [5.41, 5.74) is 10.9. The number of carboxylic acids is 1. The van der Waals surface area contributed by atoms with Gasteiger partial charge in [-0.05, 0) is 53.8 Å². The number of aliphatic carboxylic acids is 1. The van der Waals surface area contributed by atoms with Crippen molar-refractivity contribution in [3.8, 4) is 11.4 Å². The molecule has 204 valence electrons. The average Bonchev–Trinajstić information content (AvgIpc) is 3.37. The molecule has 0 aliphatic rings. The molecule has 0 saturated heterocycles. The van der Waals surface area contributed by atoms with E-state index >= 15 is 0 Å². The molecule has 8 nitrogen and oxygen atoms in total. The summed E-state index contributed by atoms with van der Waals surface area (Å²) in [6, 6.07) is 16.7. The first kappa shape index (κ1) is 28.0. The molecule has 0 fully saturated rings. The summed E-state index contributed by atoms with van der Waals surface area (Å²) in [5.74, 6) is -3.10. The lowest BCUT2D eigenvalue weighted by atomic mass is 9.87. The molecule has 4 rings (SSSR count). The Hall–Kier alpha value is -4.02. The fourth-order valence-corrected chi connectivity index (χ4v) is 4.61. The Morgan fingerprint density at radius 3 is 2.38 bits per heavy atom. The van der Waals surface area contributed by atoms with Crippen molar-refractivity contribution in [1.29, 1.82) is 0 Å². The number of tetrazole rings is 1. The van der Waals surface area contributed by atoms with Crippen LogP contribution in [0.5, 0.6) is 0 Å². The van der Waals surface area contributed by atoms with Gasteiger partial charge in [0, 0.05) is 36.7 Å². The number of hydrogen-bond donors (Lipinski definition) is 3. The summed E-state index contributed by atoms with van der Waals surface area (Å²) in [6.45, 7) is 4.70. The summed E-state index contributed by atoms with van der Waals surface area (Å²) >= 11 is 0. The molecular weight excluding hydrogens is 502 g/mol. The zero-order valence-electron chi connectivity index (χ0n) is 21.9. The first-order valence-corrected chi connectivity index (χ1v) is 12.8. The molecule has 10 heteroatoms. The first-order chi connectivity index (χ1) is 18.7. The predicted molar refractivity (Wildman–Crippen MR) is 144 cm³/mol. The zero-order valence-corrected chi connectivity index (χ0v) is 21.9. The van der Waals surface area contributed by atoms with E-state index in [1.165, 1.54) is 17.7 Å². The Balaban J connectivity index is 1.61. The number of carbonyl (C=O) groups is 1. The van der Waals surface area contributed by atoms with Crippen LogP contribution in [0.4, 0.5) is 8.78 Å². The number of hydrogen-bond acceptors (Lipinski definition) is 6. The SMILES string of the molecule is CCc1cccc(CNC[C@H](C(N)Cc2cc(F)cc(F)c2)[C@@H](C(=O)O)n2nnc(-c3ccc(C)cc3)n2)c1. The van der Waals surface area contributed by atoms with Crippen molar-refractivity contribution in [2.24, 2.45) is 11.7 Å². The van der Waals surface area contributed by atoms with Gasteiger partial charge in [-0.15, -0.1) is 15.0 Å². The van der Waals surface area contributed by atoms with Gasteiger partial charge in [-0.1, -0.05) is 61.0 Å². The van der Waals surface area contributed by atoms with Crippen LogP contribution in [0.25, 0.3) is 11.4 Å². The van der Waals surface area contributed by atoms with Gasteiger partial charge < -0.3 is 16.2 Å². The smallest absolute Gasteiger partial charge is 0.330 e. The Morgan fingerprint density at radius 1 is 1.03 bits per heavy atom. The van der Waals surface area contributed by atoms with E-state index in [4.69, 9.17) is 5.73 Å². The van der Waals surface area contributed by atoms with Crippen molar-refractivity contribution >= 4 is 5.97 Å². The number of nitrogens with two attached hydrogens (primary N) is 1. The number of benzene rings is 3. The second kappa shape index (κ2) is 12.7. The largest absolute Gasteiger partial charge is 0.480 e. The van der Waals surface area contributed by atoms with Crippen LogP contribution in [-0.4, -0.2) is 43.9 Å². The molecule has 1 heterocycles. The molecular formula is C29H32F2N6O2.